The molecule has 0 bridgehead atoms. The number of nitrogens with zero attached hydrogens (tertiary/aromatic N) is 2. The van der Waals surface area contributed by atoms with E-state index in [0.717, 1.165) is 16.7 Å². The molecule has 0 aliphatic rings. The van der Waals surface area contributed by atoms with Gasteiger partial charge < -0.3 is 14.7 Å². The van der Waals surface area contributed by atoms with Crippen molar-refractivity contribution in [2.24, 2.45) is 0 Å². The topological polar surface area (TPSA) is 62.7 Å². The number of carbonyl (C=O) groups is 1. The summed E-state index contributed by atoms with van der Waals surface area (Å²) in [5, 5.41) is 9.93. The number of benzene rings is 1. The highest BCUT2D eigenvalue weighted by atomic mass is 16.5. The summed E-state index contributed by atoms with van der Waals surface area (Å²) in [5.41, 5.74) is 2.05. The van der Waals surface area contributed by atoms with E-state index in [-0.39, 0.29) is 12.5 Å². The number of hydrogen-bond donors (Lipinski definition) is 1. The van der Waals surface area contributed by atoms with Gasteiger partial charge in [-0.05, 0) is 32.0 Å². The molecule has 1 heterocycles. The zero-order chi connectivity index (χ0) is 15.4. The van der Waals surface area contributed by atoms with E-state index in [4.69, 9.17) is 9.84 Å². The molecule has 0 radical (unpaired) electrons. The average Bonchev–Trinajstić information content (AvgIpc) is 2.50. The van der Waals surface area contributed by atoms with Crippen LogP contribution < -0.4 is 4.74 Å². The minimum absolute atomic E-state index is 0.0448. The fourth-order valence-corrected chi connectivity index (χ4v) is 2.28. The number of aryl methyl sites for hydroxylation is 1. The maximum absolute atomic E-state index is 12.5. The van der Waals surface area contributed by atoms with E-state index in [9.17, 15) is 4.79 Å². The van der Waals surface area contributed by atoms with Crippen molar-refractivity contribution in [3.05, 3.63) is 35.5 Å². The first-order chi connectivity index (χ1) is 10.1. The zero-order valence-electron chi connectivity index (χ0n) is 12.6. The van der Waals surface area contributed by atoms with Gasteiger partial charge in [-0.3, -0.25) is 9.78 Å². The van der Waals surface area contributed by atoms with Gasteiger partial charge in [-0.1, -0.05) is 0 Å². The van der Waals surface area contributed by atoms with E-state index in [1.165, 1.54) is 0 Å². The van der Waals surface area contributed by atoms with E-state index in [0.29, 0.717) is 24.3 Å². The minimum atomic E-state index is -0.103. The highest BCUT2D eigenvalue weighted by molar-refractivity contribution is 5.98. The van der Waals surface area contributed by atoms with Crippen LogP contribution in [-0.4, -0.2) is 47.7 Å². The molecule has 0 atom stereocenters. The zero-order valence-corrected chi connectivity index (χ0v) is 12.6. The van der Waals surface area contributed by atoms with Crippen LogP contribution in [0.3, 0.4) is 0 Å². The Kier molecular flexibility index (Phi) is 4.75. The molecular weight excluding hydrogens is 268 g/mol. The second kappa shape index (κ2) is 6.54. The molecule has 1 N–H and O–H groups in total. The number of pyridine rings is 1. The molecule has 0 aliphatic carbocycles. The van der Waals surface area contributed by atoms with Gasteiger partial charge >= 0.3 is 0 Å². The molecule has 0 saturated heterocycles. The number of aliphatic hydroxyl groups excluding tert-OH is 1. The molecule has 1 aromatic heterocycles. The Labute approximate surface area is 124 Å². The Bertz CT molecular complexity index is 655. The number of carbonyl (C=O) groups excluding carboxylic acids is 1. The molecule has 1 aromatic carbocycles. The van der Waals surface area contributed by atoms with E-state index in [1.807, 2.05) is 38.1 Å². The summed E-state index contributed by atoms with van der Waals surface area (Å²) in [4.78, 5) is 18.6. The number of amides is 1. The van der Waals surface area contributed by atoms with E-state index in [1.54, 1.807) is 12.0 Å². The maximum atomic E-state index is 12.5. The Morgan fingerprint density at radius 3 is 2.76 bits per heavy atom. The van der Waals surface area contributed by atoms with Crippen molar-refractivity contribution >= 4 is 16.8 Å². The third kappa shape index (κ3) is 3.13. The Balaban J connectivity index is 2.45. The monoisotopic (exact) mass is 288 g/mol. The highest BCUT2D eigenvalue weighted by Gasteiger charge is 2.17. The summed E-state index contributed by atoms with van der Waals surface area (Å²) in [6.45, 7) is 4.55. The van der Waals surface area contributed by atoms with Crippen molar-refractivity contribution in [3.63, 3.8) is 0 Å². The Hall–Kier alpha value is -2.14. The predicted molar refractivity (Wildman–Crippen MR) is 81.7 cm³/mol. The Morgan fingerprint density at radius 2 is 2.14 bits per heavy atom. The van der Waals surface area contributed by atoms with Gasteiger partial charge in [-0.2, -0.15) is 0 Å². The molecule has 1 amide bonds. The van der Waals surface area contributed by atoms with Gasteiger partial charge in [0.2, 0.25) is 0 Å². The van der Waals surface area contributed by atoms with Crippen molar-refractivity contribution in [2.75, 3.05) is 26.8 Å². The first-order valence-corrected chi connectivity index (χ1v) is 6.96. The van der Waals surface area contributed by atoms with E-state index in [2.05, 4.69) is 4.98 Å². The smallest absolute Gasteiger partial charge is 0.255 e. The number of fused-ring (bicyclic) bond motifs is 1. The lowest BCUT2D eigenvalue weighted by atomic mass is 10.1. The fraction of sp³-hybridized carbons (Fsp3) is 0.375. The number of methoxy groups -OCH3 is 1. The Morgan fingerprint density at radius 1 is 1.38 bits per heavy atom. The number of aromatic nitrogens is 1. The lowest BCUT2D eigenvalue weighted by Crippen LogP contribution is -2.33. The van der Waals surface area contributed by atoms with Gasteiger partial charge in [0.1, 0.15) is 5.75 Å². The molecule has 21 heavy (non-hydrogen) atoms. The van der Waals surface area contributed by atoms with Crippen LogP contribution in [0.5, 0.6) is 5.75 Å². The number of aliphatic hydroxyl groups is 1. The van der Waals surface area contributed by atoms with Crippen LogP contribution in [0.4, 0.5) is 0 Å². The number of hydrogen-bond acceptors (Lipinski definition) is 4. The van der Waals surface area contributed by atoms with Crippen LogP contribution in [0.1, 0.15) is 23.0 Å². The van der Waals surface area contributed by atoms with Crippen LogP contribution in [0.2, 0.25) is 0 Å². The third-order valence-electron chi connectivity index (χ3n) is 3.48. The lowest BCUT2D eigenvalue weighted by Gasteiger charge is -2.20. The number of rotatable bonds is 5. The molecule has 5 heteroatoms. The summed E-state index contributed by atoms with van der Waals surface area (Å²) < 4.78 is 5.18. The fourth-order valence-electron chi connectivity index (χ4n) is 2.28. The highest BCUT2D eigenvalue weighted by Crippen LogP contribution is 2.22. The van der Waals surface area contributed by atoms with E-state index < -0.39 is 0 Å². The molecule has 0 unspecified atom stereocenters. The normalized spacial score (nSPS) is 10.7. The maximum Gasteiger partial charge on any atom is 0.255 e. The summed E-state index contributed by atoms with van der Waals surface area (Å²) in [6, 6.07) is 7.43. The van der Waals surface area contributed by atoms with Gasteiger partial charge in [-0.15, -0.1) is 0 Å². The molecule has 0 saturated carbocycles. The lowest BCUT2D eigenvalue weighted by molar-refractivity contribution is 0.0731. The summed E-state index contributed by atoms with van der Waals surface area (Å²) in [7, 11) is 1.61. The molecule has 2 rings (SSSR count). The molecule has 0 aliphatic heterocycles. The van der Waals surface area contributed by atoms with Crippen LogP contribution in [0, 0.1) is 6.92 Å². The standard InChI is InChI=1S/C16H20N2O3/c1-4-18(7-8-19)16(20)14-9-12-5-6-13(21-3)10-15(12)17-11(14)2/h5-6,9-10,19H,4,7-8H2,1-3H3. The molecule has 112 valence electrons. The third-order valence-corrected chi connectivity index (χ3v) is 3.48. The van der Waals surface area contributed by atoms with Crippen LogP contribution >= 0.6 is 0 Å². The van der Waals surface area contributed by atoms with Crippen molar-refractivity contribution < 1.29 is 14.6 Å². The quantitative estimate of drug-likeness (QED) is 0.914. The van der Waals surface area contributed by atoms with Crippen molar-refractivity contribution in [3.8, 4) is 5.75 Å². The van der Waals surface area contributed by atoms with Gasteiger partial charge in [0.25, 0.3) is 5.91 Å². The number of likely N-dealkylation sites (N-methyl/N-ethyl adjacent to an activating group) is 1. The molecule has 0 fully saturated rings. The van der Waals surface area contributed by atoms with Crippen molar-refractivity contribution in [1.29, 1.82) is 0 Å². The first-order valence-electron chi connectivity index (χ1n) is 6.96. The predicted octanol–water partition coefficient (Wildman–Crippen LogP) is 2.01. The van der Waals surface area contributed by atoms with Gasteiger partial charge in [0.05, 0.1) is 30.5 Å². The van der Waals surface area contributed by atoms with Gasteiger partial charge in [0.15, 0.2) is 0 Å². The van der Waals surface area contributed by atoms with Crippen molar-refractivity contribution in [1.82, 2.24) is 9.88 Å². The largest absolute Gasteiger partial charge is 0.497 e. The average molecular weight is 288 g/mol. The molecule has 2 aromatic rings. The van der Waals surface area contributed by atoms with E-state index >= 15 is 0 Å². The molecule has 0 spiro atoms. The molecule has 5 nitrogen and oxygen atoms in total. The summed E-state index contributed by atoms with van der Waals surface area (Å²) in [6.07, 6.45) is 0. The SMILES string of the molecule is CCN(CCO)C(=O)c1cc2ccc(OC)cc2nc1C. The van der Waals surface area contributed by atoms with Gasteiger partial charge in [-0.25, -0.2) is 0 Å². The van der Waals surface area contributed by atoms with Crippen LogP contribution in [0.25, 0.3) is 10.9 Å². The van der Waals surface area contributed by atoms with Gasteiger partial charge in [0, 0.05) is 24.5 Å². The van der Waals surface area contributed by atoms with Crippen LogP contribution in [0.15, 0.2) is 24.3 Å². The first kappa shape index (κ1) is 15.3. The van der Waals surface area contributed by atoms with Crippen LogP contribution in [-0.2, 0) is 0 Å². The van der Waals surface area contributed by atoms with Crippen molar-refractivity contribution in [2.45, 2.75) is 13.8 Å². The second-order valence-corrected chi connectivity index (χ2v) is 4.79. The minimum Gasteiger partial charge on any atom is -0.497 e. The summed E-state index contributed by atoms with van der Waals surface area (Å²) >= 11 is 0. The molecular formula is C16H20N2O3. The number of ether oxygens (including phenoxy) is 1. The second-order valence-electron chi connectivity index (χ2n) is 4.79. The summed E-state index contributed by atoms with van der Waals surface area (Å²) in [5.74, 6) is 0.637.